The number of nitrogens with zero attached hydrogens (tertiary/aromatic N) is 3. The highest BCUT2D eigenvalue weighted by Gasteiger charge is 2.12. The zero-order chi connectivity index (χ0) is 13.1. The molecule has 1 aromatic heterocycles. The van der Waals surface area contributed by atoms with Crippen molar-refractivity contribution in [2.75, 3.05) is 7.11 Å². The summed E-state index contributed by atoms with van der Waals surface area (Å²) in [5, 5.41) is 16.1. The Balaban J connectivity index is 2.40. The van der Waals surface area contributed by atoms with Crippen LogP contribution in [0.1, 0.15) is 5.69 Å². The van der Waals surface area contributed by atoms with Crippen LogP contribution in [-0.2, 0) is 11.2 Å². The molecule has 0 aliphatic carbocycles. The van der Waals surface area contributed by atoms with Crippen LogP contribution in [0.25, 0.3) is 5.69 Å². The lowest BCUT2D eigenvalue weighted by Gasteiger charge is -2.06. The number of ether oxygens (including phenoxy) is 1. The van der Waals surface area contributed by atoms with E-state index in [9.17, 15) is 9.18 Å². The average molecular weight is 251 g/mol. The summed E-state index contributed by atoms with van der Waals surface area (Å²) in [6, 6.07) is 4.22. The van der Waals surface area contributed by atoms with E-state index >= 15 is 0 Å². The lowest BCUT2D eigenvalue weighted by Crippen LogP contribution is -2.08. The topological polar surface area (TPSA) is 77.2 Å². The molecule has 0 spiro atoms. The summed E-state index contributed by atoms with van der Waals surface area (Å²) < 4.78 is 19.6. The van der Waals surface area contributed by atoms with Gasteiger partial charge in [0.05, 0.1) is 31.1 Å². The van der Waals surface area contributed by atoms with E-state index in [1.54, 1.807) is 6.07 Å². The van der Waals surface area contributed by atoms with Crippen molar-refractivity contribution in [1.82, 2.24) is 15.0 Å². The molecule has 94 valence electrons. The molecule has 1 aromatic carbocycles. The van der Waals surface area contributed by atoms with Crippen LogP contribution < -0.4 is 4.74 Å². The molecule has 0 aliphatic rings. The maximum atomic E-state index is 13.5. The van der Waals surface area contributed by atoms with Crippen molar-refractivity contribution in [2.24, 2.45) is 0 Å². The third-order valence-electron chi connectivity index (χ3n) is 2.33. The van der Waals surface area contributed by atoms with E-state index in [4.69, 9.17) is 9.84 Å². The molecular weight excluding hydrogens is 241 g/mol. The summed E-state index contributed by atoms with van der Waals surface area (Å²) in [6.45, 7) is 0. The number of carboxylic acid groups (broad SMARTS) is 1. The second-order valence-corrected chi connectivity index (χ2v) is 3.53. The number of halogens is 1. The first kappa shape index (κ1) is 12.0. The Bertz CT molecular complexity index is 583. The van der Waals surface area contributed by atoms with E-state index in [2.05, 4.69) is 10.3 Å². The van der Waals surface area contributed by atoms with Crippen LogP contribution in [0.2, 0.25) is 0 Å². The second-order valence-electron chi connectivity index (χ2n) is 3.53. The van der Waals surface area contributed by atoms with E-state index in [-0.39, 0.29) is 12.2 Å². The predicted molar refractivity (Wildman–Crippen MR) is 59.2 cm³/mol. The number of carbonyl (C=O) groups is 1. The molecule has 0 bridgehead atoms. The number of hydrogen-bond donors (Lipinski definition) is 1. The van der Waals surface area contributed by atoms with Crippen LogP contribution >= 0.6 is 0 Å². The Labute approximate surface area is 102 Å². The average Bonchev–Trinajstić information content (AvgIpc) is 2.76. The van der Waals surface area contributed by atoms with Crippen LogP contribution in [0.5, 0.6) is 5.75 Å². The van der Waals surface area contributed by atoms with Crippen LogP contribution in [0.3, 0.4) is 0 Å². The Morgan fingerprint density at radius 3 is 2.94 bits per heavy atom. The minimum atomic E-state index is -1.01. The van der Waals surface area contributed by atoms with Gasteiger partial charge in [0.15, 0.2) is 11.6 Å². The monoisotopic (exact) mass is 251 g/mol. The van der Waals surface area contributed by atoms with Crippen molar-refractivity contribution >= 4 is 5.97 Å². The highest BCUT2D eigenvalue weighted by atomic mass is 19.1. The van der Waals surface area contributed by atoms with E-state index in [0.29, 0.717) is 11.4 Å². The van der Waals surface area contributed by atoms with Gasteiger partial charge in [-0.1, -0.05) is 5.21 Å². The van der Waals surface area contributed by atoms with Gasteiger partial charge in [-0.25, -0.2) is 9.07 Å². The molecule has 0 aliphatic heterocycles. The number of aliphatic carboxylic acids is 1. The predicted octanol–water partition coefficient (Wildman–Crippen LogP) is 1.04. The molecule has 18 heavy (non-hydrogen) atoms. The van der Waals surface area contributed by atoms with E-state index in [1.165, 1.54) is 30.1 Å². The molecule has 2 rings (SSSR count). The fourth-order valence-corrected chi connectivity index (χ4v) is 1.54. The van der Waals surface area contributed by atoms with Crippen molar-refractivity contribution in [3.05, 3.63) is 35.9 Å². The summed E-state index contributed by atoms with van der Waals surface area (Å²) in [4.78, 5) is 10.7. The van der Waals surface area contributed by atoms with Crippen LogP contribution in [-0.4, -0.2) is 33.2 Å². The van der Waals surface area contributed by atoms with E-state index in [1.807, 2.05) is 0 Å². The summed E-state index contributed by atoms with van der Waals surface area (Å²) in [6.07, 6.45) is 1.09. The largest absolute Gasteiger partial charge is 0.494 e. The van der Waals surface area contributed by atoms with Crippen LogP contribution in [0, 0.1) is 5.82 Å². The lowest BCUT2D eigenvalue weighted by molar-refractivity contribution is -0.136. The molecule has 0 unspecified atom stereocenters. The Morgan fingerprint density at radius 1 is 1.56 bits per heavy atom. The van der Waals surface area contributed by atoms with Gasteiger partial charge >= 0.3 is 5.97 Å². The van der Waals surface area contributed by atoms with Crippen LogP contribution in [0.4, 0.5) is 4.39 Å². The fourth-order valence-electron chi connectivity index (χ4n) is 1.54. The SMILES string of the molecule is COc1ccc(-n2nncc2CC(=O)O)cc1F. The van der Waals surface area contributed by atoms with Gasteiger partial charge in [0.25, 0.3) is 0 Å². The molecule has 0 amide bonds. The maximum Gasteiger partial charge on any atom is 0.309 e. The van der Waals surface area contributed by atoms with Gasteiger partial charge in [-0.2, -0.15) is 0 Å². The molecule has 6 nitrogen and oxygen atoms in total. The van der Waals surface area contributed by atoms with Gasteiger partial charge in [-0.05, 0) is 12.1 Å². The van der Waals surface area contributed by atoms with Gasteiger partial charge in [-0.15, -0.1) is 5.10 Å². The second kappa shape index (κ2) is 4.82. The van der Waals surface area contributed by atoms with Crippen molar-refractivity contribution in [3.8, 4) is 11.4 Å². The third kappa shape index (κ3) is 2.29. The van der Waals surface area contributed by atoms with Crippen molar-refractivity contribution in [3.63, 3.8) is 0 Å². The third-order valence-corrected chi connectivity index (χ3v) is 2.33. The Hall–Kier alpha value is -2.44. The van der Waals surface area contributed by atoms with E-state index < -0.39 is 11.8 Å². The highest BCUT2D eigenvalue weighted by molar-refractivity contribution is 5.69. The standard InChI is InChI=1S/C11H10FN3O3/c1-18-10-3-2-7(4-9(10)12)15-8(5-11(16)17)6-13-14-15/h2-4,6H,5H2,1H3,(H,16,17). The highest BCUT2D eigenvalue weighted by Crippen LogP contribution is 2.20. The summed E-state index contributed by atoms with van der Waals surface area (Å²) in [5.41, 5.74) is 0.758. The summed E-state index contributed by atoms with van der Waals surface area (Å²) in [5.74, 6) is -1.45. The Morgan fingerprint density at radius 2 is 2.33 bits per heavy atom. The van der Waals surface area contributed by atoms with Gasteiger partial charge in [0.2, 0.25) is 0 Å². The van der Waals surface area contributed by atoms with E-state index in [0.717, 1.165) is 0 Å². The quantitative estimate of drug-likeness (QED) is 0.878. The van der Waals surface area contributed by atoms with Crippen molar-refractivity contribution < 1.29 is 19.0 Å². The molecule has 0 atom stereocenters. The number of benzene rings is 1. The van der Waals surface area contributed by atoms with Crippen molar-refractivity contribution in [1.29, 1.82) is 0 Å². The molecular formula is C11H10FN3O3. The number of rotatable bonds is 4. The van der Waals surface area contributed by atoms with Gasteiger partial charge in [-0.3, -0.25) is 4.79 Å². The molecule has 0 radical (unpaired) electrons. The first-order valence-electron chi connectivity index (χ1n) is 5.07. The first-order valence-corrected chi connectivity index (χ1v) is 5.07. The minimum absolute atomic E-state index is 0.110. The van der Waals surface area contributed by atoms with Crippen LogP contribution in [0.15, 0.2) is 24.4 Å². The molecule has 0 saturated carbocycles. The number of carboxylic acids is 1. The van der Waals surface area contributed by atoms with Crippen molar-refractivity contribution in [2.45, 2.75) is 6.42 Å². The van der Waals surface area contributed by atoms with Gasteiger partial charge in [0, 0.05) is 6.07 Å². The molecule has 0 fully saturated rings. The number of aromatic nitrogens is 3. The smallest absolute Gasteiger partial charge is 0.309 e. The summed E-state index contributed by atoms with van der Waals surface area (Å²) >= 11 is 0. The molecule has 1 heterocycles. The molecule has 7 heteroatoms. The zero-order valence-electron chi connectivity index (χ0n) is 9.50. The first-order chi connectivity index (χ1) is 8.61. The van der Waals surface area contributed by atoms with Gasteiger partial charge < -0.3 is 9.84 Å². The summed E-state index contributed by atoms with van der Waals surface area (Å²) in [7, 11) is 1.36. The normalized spacial score (nSPS) is 10.3. The molecule has 0 saturated heterocycles. The Kier molecular flexibility index (Phi) is 3.22. The minimum Gasteiger partial charge on any atom is -0.494 e. The zero-order valence-corrected chi connectivity index (χ0v) is 9.50. The molecule has 2 aromatic rings. The lowest BCUT2D eigenvalue weighted by atomic mass is 10.2. The van der Waals surface area contributed by atoms with Gasteiger partial charge in [0.1, 0.15) is 0 Å². The maximum absolute atomic E-state index is 13.5. The number of methoxy groups -OCH3 is 1. The number of hydrogen-bond acceptors (Lipinski definition) is 4. The fraction of sp³-hybridized carbons (Fsp3) is 0.182. The molecule has 1 N–H and O–H groups in total.